The molecule has 20 heavy (non-hydrogen) atoms. The highest BCUT2D eigenvalue weighted by Gasteiger charge is 2.25. The van der Waals surface area contributed by atoms with Crippen LogP contribution in [0.2, 0.25) is 5.02 Å². The van der Waals surface area contributed by atoms with Gasteiger partial charge >= 0.3 is 0 Å². The zero-order chi connectivity index (χ0) is 14.1. The van der Waals surface area contributed by atoms with Crippen LogP contribution in [0.1, 0.15) is 27.4 Å². The number of hydrogen-bond donors (Lipinski definition) is 1. The first kappa shape index (κ1) is 13.7. The molecule has 0 bridgehead atoms. The molecule has 0 spiro atoms. The van der Waals surface area contributed by atoms with Gasteiger partial charge in [0.25, 0.3) is 5.91 Å². The SMILES string of the molecule is O=C(NCC1Cc2ccccc21)c1ccc(Cl)cc1Br. The summed E-state index contributed by atoms with van der Waals surface area (Å²) in [6, 6.07) is 13.6. The van der Waals surface area contributed by atoms with Crippen molar-refractivity contribution in [1.29, 1.82) is 0 Å². The second kappa shape index (κ2) is 5.58. The van der Waals surface area contributed by atoms with E-state index in [-0.39, 0.29) is 5.91 Å². The van der Waals surface area contributed by atoms with Gasteiger partial charge in [0.2, 0.25) is 0 Å². The van der Waals surface area contributed by atoms with Gasteiger partial charge in [0.1, 0.15) is 0 Å². The Hall–Kier alpha value is -1.32. The molecule has 0 radical (unpaired) electrons. The summed E-state index contributed by atoms with van der Waals surface area (Å²) < 4.78 is 0.719. The second-order valence-electron chi connectivity index (χ2n) is 4.93. The summed E-state index contributed by atoms with van der Waals surface area (Å²) in [5.74, 6) is 0.360. The zero-order valence-electron chi connectivity index (χ0n) is 10.7. The van der Waals surface area contributed by atoms with Crippen LogP contribution in [0.15, 0.2) is 46.9 Å². The van der Waals surface area contributed by atoms with Crippen molar-refractivity contribution in [2.45, 2.75) is 12.3 Å². The molecule has 1 amide bonds. The molecule has 0 saturated carbocycles. The second-order valence-corrected chi connectivity index (χ2v) is 6.22. The Morgan fingerprint density at radius 3 is 2.85 bits per heavy atom. The van der Waals surface area contributed by atoms with Crippen molar-refractivity contribution in [3.63, 3.8) is 0 Å². The van der Waals surface area contributed by atoms with Gasteiger partial charge in [-0.1, -0.05) is 35.9 Å². The average Bonchev–Trinajstić information content (AvgIpc) is 2.39. The van der Waals surface area contributed by atoms with Crippen molar-refractivity contribution >= 4 is 33.4 Å². The minimum Gasteiger partial charge on any atom is -0.351 e. The lowest BCUT2D eigenvalue weighted by Crippen LogP contribution is -2.33. The molecule has 0 saturated heterocycles. The van der Waals surface area contributed by atoms with E-state index in [2.05, 4.69) is 39.4 Å². The molecule has 0 aliphatic heterocycles. The largest absolute Gasteiger partial charge is 0.351 e. The van der Waals surface area contributed by atoms with Crippen molar-refractivity contribution in [3.8, 4) is 0 Å². The van der Waals surface area contributed by atoms with Crippen molar-refractivity contribution in [1.82, 2.24) is 5.32 Å². The number of rotatable bonds is 3. The standard InChI is InChI=1S/C16H13BrClNO/c17-15-8-12(18)5-6-14(15)16(20)19-9-11-7-10-3-1-2-4-13(10)11/h1-6,8,11H,7,9H2,(H,19,20). The van der Waals surface area contributed by atoms with Gasteiger partial charge in [-0.15, -0.1) is 0 Å². The maximum atomic E-state index is 12.1. The Labute approximate surface area is 131 Å². The van der Waals surface area contributed by atoms with Crippen LogP contribution in [-0.2, 0) is 6.42 Å². The summed E-state index contributed by atoms with van der Waals surface area (Å²) in [6.45, 7) is 0.672. The first-order chi connectivity index (χ1) is 9.65. The Balaban J connectivity index is 1.64. The Kier molecular flexibility index (Phi) is 3.81. The molecule has 4 heteroatoms. The third-order valence-corrected chi connectivity index (χ3v) is 4.54. The van der Waals surface area contributed by atoms with Gasteiger partial charge in [0, 0.05) is 22.0 Å². The molecule has 102 valence electrons. The van der Waals surface area contributed by atoms with Crippen molar-refractivity contribution in [3.05, 3.63) is 68.7 Å². The zero-order valence-corrected chi connectivity index (χ0v) is 13.0. The lowest BCUT2D eigenvalue weighted by Gasteiger charge is -2.30. The van der Waals surface area contributed by atoms with Crippen LogP contribution in [-0.4, -0.2) is 12.5 Å². The maximum absolute atomic E-state index is 12.1. The summed E-state index contributed by atoms with van der Waals surface area (Å²) in [7, 11) is 0. The molecule has 0 heterocycles. The van der Waals surface area contributed by atoms with Crippen LogP contribution in [0.4, 0.5) is 0 Å². The molecule has 0 aromatic heterocycles. The van der Waals surface area contributed by atoms with Crippen LogP contribution in [0.5, 0.6) is 0 Å². The highest BCUT2D eigenvalue weighted by atomic mass is 79.9. The van der Waals surface area contributed by atoms with Crippen LogP contribution in [0, 0.1) is 0 Å². The molecule has 2 aromatic carbocycles. The van der Waals surface area contributed by atoms with Gasteiger partial charge in [0.15, 0.2) is 0 Å². The minimum atomic E-state index is -0.0714. The van der Waals surface area contributed by atoms with Crippen LogP contribution < -0.4 is 5.32 Å². The number of nitrogens with one attached hydrogen (secondary N) is 1. The fourth-order valence-electron chi connectivity index (χ4n) is 2.53. The molecule has 1 unspecified atom stereocenters. The van der Waals surface area contributed by atoms with E-state index in [1.54, 1.807) is 18.2 Å². The predicted octanol–water partition coefficient (Wildman–Crippen LogP) is 4.17. The highest BCUT2D eigenvalue weighted by molar-refractivity contribution is 9.10. The van der Waals surface area contributed by atoms with Crippen LogP contribution in [0.25, 0.3) is 0 Å². The van der Waals surface area contributed by atoms with E-state index in [1.807, 2.05) is 6.07 Å². The Morgan fingerprint density at radius 1 is 1.30 bits per heavy atom. The Morgan fingerprint density at radius 2 is 2.10 bits per heavy atom. The number of carbonyl (C=O) groups is 1. The van der Waals surface area contributed by atoms with E-state index in [1.165, 1.54) is 11.1 Å². The number of benzene rings is 2. The molecule has 1 N–H and O–H groups in total. The van der Waals surface area contributed by atoms with Gasteiger partial charge in [-0.25, -0.2) is 0 Å². The minimum absolute atomic E-state index is 0.0714. The molecule has 2 nitrogen and oxygen atoms in total. The quantitative estimate of drug-likeness (QED) is 0.884. The predicted molar refractivity (Wildman–Crippen MR) is 84.4 cm³/mol. The fourth-order valence-corrected chi connectivity index (χ4v) is 3.39. The summed E-state index contributed by atoms with van der Waals surface area (Å²) in [4.78, 5) is 12.1. The average molecular weight is 351 g/mol. The van der Waals surface area contributed by atoms with Gasteiger partial charge in [-0.05, 0) is 51.7 Å². The molecular formula is C16H13BrClNO. The van der Waals surface area contributed by atoms with E-state index in [4.69, 9.17) is 11.6 Å². The molecule has 3 rings (SSSR count). The molecule has 2 aromatic rings. The van der Waals surface area contributed by atoms with Gasteiger partial charge in [0.05, 0.1) is 5.56 Å². The Bertz CT molecular complexity index is 671. The number of fused-ring (bicyclic) bond motifs is 1. The lowest BCUT2D eigenvalue weighted by atomic mass is 9.77. The maximum Gasteiger partial charge on any atom is 0.252 e. The van der Waals surface area contributed by atoms with Gasteiger partial charge in [-0.3, -0.25) is 4.79 Å². The molecule has 0 fully saturated rings. The first-order valence-electron chi connectivity index (χ1n) is 6.46. The van der Waals surface area contributed by atoms with Crippen LogP contribution >= 0.6 is 27.5 Å². The van der Waals surface area contributed by atoms with Gasteiger partial charge < -0.3 is 5.32 Å². The number of amides is 1. The van der Waals surface area contributed by atoms with E-state index < -0.39 is 0 Å². The number of carbonyl (C=O) groups excluding carboxylic acids is 1. The van der Waals surface area contributed by atoms with Gasteiger partial charge in [-0.2, -0.15) is 0 Å². The highest BCUT2D eigenvalue weighted by Crippen LogP contribution is 2.34. The lowest BCUT2D eigenvalue weighted by molar-refractivity contribution is 0.0949. The first-order valence-corrected chi connectivity index (χ1v) is 7.63. The molecule has 1 atom stereocenters. The van der Waals surface area contributed by atoms with Crippen molar-refractivity contribution in [2.75, 3.05) is 6.54 Å². The summed E-state index contributed by atoms with van der Waals surface area (Å²) in [6.07, 6.45) is 1.04. The smallest absolute Gasteiger partial charge is 0.252 e. The molecular weight excluding hydrogens is 338 g/mol. The van der Waals surface area contributed by atoms with Crippen molar-refractivity contribution < 1.29 is 4.79 Å². The third kappa shape index (κ3) is 2.60. The van der Waals surface area contributed by atoms with E-state index >= 15 is 0 Å². The monoisotopic (exact) mass is 349 g/mol. The number of halogens is 2. The van der Waals surface area contributed by atoms with Crippen LogP contribution in [0.3, 0.4) is 0 Å². The normalized spacial score (nSPS) is 16.2. The van der Waals surface area contributed by atoms with E-state index in [0.717, 1.165) is 10.9 Å². The molecule has 1 aliphatic carbocycles. The topological polar surface area (TPSA) is 29.1 Å². The van der Waals surface area contributed by atoms with E-state index in [0.29, 0.717) is 23.0 Å². The van der Waals surface area contributed by atoms with Crippen molar-refractivity contribution in [2.24, 2.45) is 0 Å². The summed E-state index contributed by atoms with van der Waals surface area (Å²) in [5.41, 5.74) is 3.35. The summed E-state index contributed by atoms with van der Waals surface area (Å²) in [5, 5.41) is 3.60. The number of hydrogen-bond acceptors (Lipinski definition) is 1. The molecule has 1 aliphatic rings. The van der Waals surface area contributed by atoms with E-state index in [9.17, 15) is 4.79 Å². The summed E-state index contributed by atoms with van der Waals surface area (Å²) >= 11 is 9.24. The third-order valence-electron chi connectivity index (χ3n) is 3.65. The fraction of sp³-hybridized carbons (Fsp3) is 0.188.